The summed E-state index contributed by atoms with van der Waals surface area (Å²) in [5.41, 5.74) is 5.19. The van der Waals surface area contributed by atoms with Gasteiger partial charge in [-0.25, -0.2) is 4.98 Å². The zero-order valence-electron chi connectivity index (χ0n) is 6.50. The van der Waals surface area contributed by atoms with E-state index < -0.39 is 0 Å². The molecule has 0 amide bonds. The molecule has 1 heterocycles. The summed E-state index contributed by atoms with van der Waals surface area (Å²) >= 11 is 0. The quantitative estimate of drug-likeness (QED) is 0.647. The maximum atomic E-state index is 11.2. The SMILES string of the molecule is CC(C)C(=O)c1cnc(N)o1. The Hall–Kier alpha value is -1.32. The zero-order chi connectivity index (χ0) is 8.43. The third-order valence-electron chi connectivity index (χ3n) is 1.29. The Kier molecular flexibility index (Phi) is 1.94. The number of oxazole rings is 1. The summed E-state index contributed by atoms with van der Waals surface area (Å²) in [5.74, 6) is 0.0778. The molecule has 0 aliphatic rings. The van der Waals surface area contributed by atoms with E-state index in [1.54, 1.807) is 13.8 Å². The Morgan fingerprint density at radius 2 is 2.36 bits per heavy atom. The van der Waals surface area contributed by atoms with E-state index in [4.69, 9.17) is 10.2 Å². The van der Waals surface area contributed by atoms with Crippen LogP contribution in [0, 0.1) is 5.92 Å². The predicted octanol–water partition coefficient (Wildman–Crippen LogP) is 1.10. The molecule has 4 nitrogen and oxygen atoms in total. The number of Topliss-reactive ketones (excluding diaryl/α,β-unsaturated/α-hetero) is 1. The van der Waals surface area contributed by atoms with Crippen LogP contribution in [0.1, 0.15) is 24.4 Å². The van der Waals surface area contributed by atoms with Crippen molar-refractivity contribution in [2.24, 2.45) is 5.92 Å². The number of nitrogens with two attached hydrogens (primary N) is 1. The first-order valence-electron chi connectivity index (χ1n) is 3.36. The van der Waals surface area contributed by atoms with Crippen molar-refractivity contribution in [1.29, 1.82) is 0 Å². The van der Waals surface area contributed by atoms with E-state index >= 15 is 0 Å². The molecule has 0 saturated heterocycles. The van der Waals surface area contributed by atoms with Crippen molar-refractivity contribution in [3.63, 3.8) is 0 Å². The minimum atomic E-state index is -0.0812. The van der Waals surface area contributed by atoms with Gasteiger partial charge < -0.3 is 10.2 Å². The van der Waals surface area contributed by atoms with Crippen LogP contribution in [0.2, 0.25) is 0 Å². The van der Waals surface area contributed by atoms with Crippen LogP contribution in [0.25, 0.3) is 0 Å². The lowest BCUT2D eigenvalue weighted by Crippen LogP contribution is -2.05. The fraction of sp³-hybridized carbons (Fsp3) is 0.429. The van der Waals surface area contributed by atoms with E-state index in [0.717, 1.165) is 0 Å². The Labute approximate surface area is 64.4 Å². The van der Waals surface area contributed by atoms with Gasteiger partial charge in [0.25, 0.3) is 6.01 Å². The molecule has 60 valence electrons. The van der Waals surface area contributed by atoms with Crippen molar-refractivity contribution in [3.8, 4) is 0 Å². The van der Waals surface area contributed by atoms with Crippen LogP contribution < -0.4 is 5.73 Å². The van der Waals surface area contributed by atoms with Gasteiger partial charge in [0, 0.05) is 5.92 Å². The van der Waals surface area contributed by atoms with E-state index in [1.165, 1.54) is 6.20 Å². The number of nitrogen functional groups attached to an aromatic ring is 1. The Morgan fingerprint density at radius 3 is 2.73 bits per heavy atom. The summed E-state index contributed by atoms with van der Waals surface area (Å²) in [6.07, 6.45) is 1.34. The van der Waals surface area contributed by atoms with Gasteiger partial charge in [-0.2, -0.15) is 0 Å². The summed E-state index contributed by atoms with van der Waals surface area (Å²) in [4.78, 5) is 14.8. The molecule has 0 aliphatic heterocycles. The molecule has 2 N–H and O–H groups in total. The van der Waals surface area contributed by atoms with E-state index in [2.05, 4.69) is 4.98 Å². The normalized spacial score (nSPS) is 10.5. The molecule has 0 aliphatic carbocycles. The number of aromatic nitrogens is 1. The second-order valence-corrected chi connectivity index (χ2v) is 2.58. The molecule has 4 heteroatoms. The van der Waals surface area contributed by atoms with Gasteiger partial charge in [0.05, 0.1) is 6.20 Å². The van der Waals surface area contributed by atoms with Gasteiger partial charge in [-0.05, 0) is 0 Å². The number of rotatable bonds is 2. The van der Waals surface area contributed by atoms with Gasteiger partial charge in [0.1, 0.15) is 0 Å². The number of carbonyl (C=O) groups is 1. The predicted molar refractivity (Wildman–Crippen MR) is 40.1 cm³/mol. The third-order valence-corrected chi connectivity index (χ3v) is 1.29. The monoisotopic (exact) mass is 154 g/mol. The van der Waals surface area contributed by atoms with Crippen LogP contribution in [0.3, 0.4) is 0 Å². The van der Waals surface area contributed by atoms with Crippen molar-refractivity contribution in [1.82, 2.24) is 4.98 Å². The molecule has 0 unspecified atom stereocenters. The van der Waals surface area contributed by atoms with E-state index in [0.29, 0.717) is 0 Å². The molecule has 1 aromatic heterocycles. The van der Waals surface area contributed by atoms with Crippen LogP contribution in [0.15, 0.2) is 10.6 Å². The third kappa shape index (κ3) is 1.58. The smallest absolute Gasteiger partial charge is 0.292 e. The molecule has 0 atom stereocenters. The maximum Gasteiger partial charge on any atom is 0.292 e. The Balaban J connectivity index is 2.85. The first-order chi connectivity index (χ1) is 5.11. The van der Waals surface area contributed by atoms with Crippen LogP contribution in [-0.2, 0) is 0 Å². The highest BCUT2D eigenvalue weighted by Crippen LogP contribution is 2.10. The lowest BCUT2D eigenvalue weighted by molar-refractivity contribution is 0.0912. The van der Waals surface area contributed by atoms with Crippen LogP contribution in [0.4, 0.5) is 6.01 Å². The molecule has 11 heavy (non-hydrogen) atoms. The van der Waals surface area contributed by atoms with E-state index in [-0.39, 0.29) is 23.5 Å². The fourth-order valence-corrected chi connectivity index (χ4v) is 0.686. The minimum Gasteiger partial charge on any atom is -0.421 e. The average Bonchev–Trinajstić information content (AvgIpc) is 2.34. The lowest BCUT2D eigenvalue weighted by atomic mass is 10.1. The zero-order valence-corrected chi connectivity index (χ0v) is 6.50. The minimum absolute atomic E-state index is 0.0361. The first-order valence-corrected chi connectivity index (χ1v) is 3.36. The first kappa shape index (κ1) is 7.78. The molecule has 0 spiro atoms. The number of nitrogens with zero attached hydrogens (tertiary/aromatic N) is 1. The van der Waals surface area contributed by atoms with E-state index in [9.17, 15) is 4.79 Å². The van der Waals surface area contributed by atoms with Gasteiger partial charge in [-0.15, -0.1) is 0 Å². The summed E-state index contributed by atoms with van der Waals surface area (Å²) in [6, 6.07) is 0.0361. The second-order valence-electron chi connectivity index (χ2n) is 2.58. The Bertz CT molecular complexity index is 265. The number of hydrogen-bond donors (Lipinski definition) is 1. The molecule has 0 fully saturated rings. The van der Waals surface area contributed by atoms with Gasteiger partial charge in [0.2, 0.25) is 5.78 Å². The summed E-state index contributed by atoms with van der Waals surface area (Å²) in [5, 5.41) is 0. The van der Waals surface area contributed by atoms with Gasteiger partial charge in [-0.3, -0.25) is 4.79 Å². The number of ketones is 1. The average molecular weight is 154 g/mol. The van der Waals surface area contributed by atoms with Crippen LogP contribution in [0.5, 0.6) is 0 Å². The molecule has 1 aromatic rings. The van der Waals surface area contributed by atoms with Crippen molar-refractivity contribution in [2.75, 3.05) is 5.73 Å². The number of anilines is 1. The summed E-state index contributed by atoms with van der Waals surface area (Å²) in [6.45, 7) is 3.59. The molecule has 0 aromatic carbocycles. The Morgan fingerprint density at radius 1 is 1.73 bits per heavy atom. The van der Waals surface area contributed by atoms with Crippen molar-refractivity contribution in [3.05, 3.63) is 12.0 Å². The summed E-state index contributed by atoms with van der Waals surface area (Å²) in [7, 11) is 0. The highest BCUT2D eigenvalue weighted by atomic mass is 16.4. The standard InChI is InChI=1S/C7H10N2O2/c1-4(2)6(10)5-3-9-7(8)11-5/h3-4H,1-2H3,(H2,8,9). The lowest BCUT2D eigenvalue weighted by Gasteiger charge is -1.96. The molecule has 1 rings (SSSR count). The van der Waals surface area contributed by atoms with E-state index in [1.807, 2.05) is 0 Å². The van der Waals surface area contributed by atoms with Crippen LogP contribution in [-0.4, -0.2) is 10.8 Å². The van der Waals surface area contributed by atoms with Gasteiger partial charge >= 0.3 is 0 Å². The highest BCUT2D eigenvalue weighted by Gasteiger charge is 2.14. The highest BCUT2D eigenvalue weighted by molar-refractivity contribution is 5.94. The molecular formula is C7H10N2O2. The van der Waals surface area contributed by atoms with Gasteiger partial charge in [-0.1, -0.05) is 13.8 Å². The molecule has 0 radical (unpaired) electrons. The topological polar surface area (TPSA) is 69.1 Å². The maximum absolute atomic E-state index is 11.2. The largest absolute Gasteiger partial charge is 0.421 e. The molecule has 0 saturated carbocycles. The number of hydrogen-bond acceptors (Lipinski definition) is 4. The number of carbonyl (C=O) groups excluding carboxylic acids is 1. The molecule has 0 bridgehead atoms. The van der Waals surface area contributed by atoms with Gasteiger partial charge in [0.15, 0.2) is 5.76 Å². The fourth-order valence-electron chi connectivity index (χ4n) is 0.686. The van der Waals surface area contributed by atoms with Crippen molar-refractivity contribution >= 4 is 11.8 Å². The summed E-state index contributed by atoms with van der Waals surface area (Å²) < 4.78 is 4.82. The van der Waals surface area contributed by atoms with Crippen LogP contribution >= 0.6 is 0 Å². The van der Waals surface area contributed by atoms with Crippen molar-refractivity contribution < 1.29 is 9.21 Å². The molecular weight excluding hydrogens is 144 g/mol. The second kappa shape index (κ2) is 2.74. The van der Waals surface area contributed by atoms with Crippen molar-refractivity contribution in [2.45, 2.75) is 13.8 Å².